The van der Waals surface area contributed by atoms with E-state index in [1.54, 1.807) is 0 Å². The molecular formula is C19H19N5O. The number of nitrogens with zero attached hydrogens (tertiary/aromatic N) is 4. The van der Waals surface area contributed by atoms with E-state index < -0.39 is 0 Å². The molecule has 0 unspecified atom stereocenters. The van der Waals surface area contributed by atoms with E-state index in [1.165, 1.54) is 11.8 Å². The standard InChI is InChI=1S/C19H19N5O/c1-19(2)8-7-13-12(9-19)10-21-18(23-13)24-17(25)16-11-20-14-5-3-4-6-15(14)22-16/h3-6,10-11H,7-9H2,1-2H3,(H,21,23,24,25). The number of para-hydroxylation sites is 2. The van der Waals surface area contributed by atoms with Crippen molar-refractivity contribution in [2.75, 3.05) is 5.32 Å². The molecule has 2 heterocycles. The molecule has 1 aromatic carbocycles. The quantitative estimate of drug-likeness (QED) is 0.779. The third-order valence-corrected chi connectivity index (χ3v) is 4.57. The van der Waals surface area contributed by atoms with Crippen LogP contribution in [0.5, 0.6) is 0 Å². The number of hydrogen-bond donors (Lipinski definition) is 1. The maximum Gasteiger partial charge on any atom is 0.278 e. The Kier molecular flexibility index (Phi) is 3.67. The maximum absolute atomic E-state index is 12.4. The molecule has 1 N–H and O–H groups in total. The Morgan fingerprint density at radius 1 is 1.08 bits per heavy atom. The molecule has 0 spiro atoms. The highest BCUT2D eigenvalue weighted by Crippen LogP contribution is 2.33. The van der Waals surface area contributed by atoms with Crippen LogP contribution in [-0.4, -0.2) is 25.8 Å². The van der Waals surface area contributed by atoms with Crippen LogP contribution in [0.4, 0.5) is 5.95 Å². The van der Waals surface area contributed by atoms with Crippen LogP contribution in [0.15, 0.2) is 36.7 Å². The molecule has 3 aromatic rings. The van der Waals surface area contributed by atoms with Gasteiger partial charge in [-0.3, -0.25) is 15.1 Å². The van der Waals surface area contributed by atoms with E-state index in [2.05, 4.69) is 39.1 Å². The molecule has 126 valence electrons. The minimum Gasteiger partial charge on any atom is -0.289 e. The van der Waals surface area contributed by atoms with Gasteiger partial charge >= 0.3 is 0 Å². The number of fused-ring (bicyclic) bond motifs is 2. The number of carbonyl (C=O) groups excluding carboxylic acids is 1. The van der Waals surface area contributed by atoms with Crippen molar-refractivity contribution in [3.8, 4) is 0 Å². The van der Waals surface area contributed by atoms with Crippen LogP contribution in [0, 0.1) is 5.41 Å². The molecule has 0 bridgehead atoms. The first-order chi connectivity index (χ1) is 12.0. The van der Waals surface area contributed by atoms with E-state index in [-0.39, 0.29) is 17.0 Å². The molecule has 2 aromatic heterocycles. The Bertz CT molecular complexity index is 967. The second-order valence-electron chi connectivity index (χ2n) is 7.20. The zero-order valence-corrected chi connectivity index (χ0v) is 14.3. The summed E-state index contributed by atoms with van der Waals surface area (Å²) in [4.78, 5) is 29.9. The Hall–Kier alpha value is -2.89. The number of rotatable bonds is 2. The number of hydrogen-bond acceptors (Lipinski definition) is 5. The SMILES string of the molecule is CC1(C)CCc2nc(NC(=O)c3cnc4ccccc4n3)ncc2C1. The summed E-state index contributed by atoms with van der Waals surface area (Å²) in [5.41, 5.74) is 4.16. The van der Waals surface area contributed by atoms with E-state index in [4.69, 9.17) is 0 Å². The largest absolute Gasteiger partial charge is 0.289 e. The van der Waals surface area contributed by atoms with E-state index in [0.29, 0.717) is 11.5 Å². The van der Waals surface area contributed by atoms with Gasteiger partial charge in [0.2, 0.25) is 5.95 Å². The normalized spacial score (nSPS) is 15.6. The number of amides is 1. The van der Waals surface area contributed by atoms with Gasteiger partial charge in [-0.2, -0.15) is 0 Å². The Morgan fingerprint density at radius 2 is 1.88 bits per heavy atom. The monoisotopic (exact) mass is 333 g/mol. The molecule has 1 aliphatic carbocycles. The molecule has 25 heavy (non-hydrogen) atoms. The number of carbonyl (C=O) groups is 1. The van der Waals surface area contributed by atoms with Crippen molar-refractivity contribution < 1.29 is 4.79 Å². The van der Waals surface area contributed by atoms with Gasteiger partial charge in [0.15, 0.2) is 0 Å². The minimum absolute atomic E-state index is 0.251. The molecule has 6 heteroatoms. The summed E-state index contributed by atoms with van der Waals surface area (Å²) in [6, 6.07) is 7.44. The zero-order chi connectivity index (χ0) is 17.4. The van der Waals surface area contributed by atoms with Crippen LogP contribution in [0.2, 0.25) is 0 Å². The van der Waals surface area contributed by atoms with E-state index >= 15 is 0 Å². The molecule has 1 aliphatic rings. The van der Waals surface area contributed by atoms with Crippen LogP contribution in [0.1, 0.15) is 42.0 Å². The van der Waals surface area contributed by atoms with Gasteiger partial charge < -0.3 is 0 Å². The van der Waals surface area contributed by atoms with Gasteiger partial charge in [0, 0.05) is 11.9 Å². The van der Waals surface area contributed by atoms with Crippen molar-refractivity contribution in [1.29, 1.82) is 0 Å². The molecule has 0 radical (unpaired) electrons. The Balaban J connectivity index is 1.56. The number of benzene rings is 1. The van der Waals surface area contributed by atoms with Crippen LogP contribution < -0.4 is 5.32 Å². The number of aromatic nitrogens is 4. The third-order valence-electron chi connectivity index (χ3n) is 4.57. The molecule has 0 atom stereocenters. The predicted molar refractivity (Wildman–Crippen MR) is 95.3 cm³/mol. The van der Waals surface area contributed by atoms with Gasteiger partial charge in [0.1, 0.15) is 5.69 Å². The maximum atomic E-state index is 12.4. The van der Waals surface area contributed by atoms with Gasteiger partial charge in [-0.05, 0) is 42.4 Å². The molecule has 0 aliphatic heterocycles. The van der Waals surface area contributed by atoms with Gasteiger partial charge in [-0.25, -0.2) is 15.0 Å². The lowest BCUT2D eigenvalue weighted by Gasteiger charge is -2.30. The highest BCUT2D eigenvalue weighted by Gasteiger charge is 2.26. The molecule has 0 fully saturated rings. The van der Waals surface area contributed by atoms with E-state index in [0.717, 1.165) is 30.5 Å². The summed E-state index contributed by atoms with van der Waals surface area (Å²) in [6.07, 6.45) is 6.25. The lowest BCUT2D eigenvalue weighted by atomic mass is 9.76. The zero-order valence-electron chi connectivity index (χ0n) is 14.3. The highest BCUT2D eigenvalue weighted by atomic mass is 16.2. The second kappa shape index (κ2) is 5.88. The first-order valence-corrected chi connectivity index (χ1v) is 8.38. The first kappa shape index (κ1) is 15.6. The topological polar surface area (TPSA) is 80.7 Å². The summed E-state index contributed by atoms with van der Waals surface area (Å²) in [7, 11) is 0. The van der Waals surface area contributed by atoms with Crippen molar-refractivity contribution in [1.82, 2.24) is 19.9 Å². The molecular weight excluding hydrogens is 314 g/mol. The van der Waals surface area contributed by atoms with Gasteiger partial charge in [-0.15, -0.1) is 0 Å². The fraction of sp³-hybridized carbons (Fsp3) is 0.316. The third kappa shape index (κ3) is 3.20. The van der Waals surface area contributed by atoms with Crippen LogP contribution in [0.25, 0.3) is 11.0 Å². The lowest BCUT2D eigenvalue weighted by molar-refractivity contribution is 0.102. The van der Waals surface area contributed by atoms with Crippen molar-refractivity contribution >= 4 is 22.9 Å². The summed E-state index contributed by atoms with van der Waals surface area (Å²) < 4.78 is 0. The molecule has 0 saturated carbocycles. The molecule has 6 nitrogen and oxygen atoms in total. The Morgan fingerprint density at radius 3 is 2.72 bits per heavy atom. The fourth-order valence-corrected chi connectivity index (χ4v) is 3.16. The fourth-order valence-electron chi connectivity index (χ4n) is 3.16. The predicted octanol–water partition coefficient (Wildman–Crippen LogP) is 3.19. The van der Waals surface area contributed by atoms with Gasteiger partial charge in [-0.1, -0.05) is 26.0 Å². The Labute approximate surface area is 145 Å². The van der Waals surface area contributed by atoms with Crippen LogP contribution in [-0.2, 0) is 12.8 Å². The average Bonchev–Trinajstić information content (AvgIpc) is 2.61. The first-order valence-electron chi connectivity index (χ1n) is 8.38. The summed E-state index contributed by atoms with van der Waals surface area (Å²) in [6.45, 7) is 4.51. The molecule has 4 rings (SSSR count). The summed E-state index contributed by atoms with van der Waals surface area (Å²) >= 11 is 0. The number of nitrogens with one attached hydrogen (secondary N) is 1. The second-order valence-corrected chi connectivity index (χ2v) is 7.20. The van der Waals surface area contributed by atoms with Gasteiger partial charge in [0.05, 0.1) is 17.2 Å². The van der Waals surface area contributed by atoms with Crippen molar-refractivity contribution in [3.63, 3.8) is 0 Å². The lowest BCUT2D eigenvalue weighted by Crippen LogP contribution is -2.24. The van der Waals surface area contributed by atoms with E-state index in [9.17, 15) is 4.79 Å². The highest BCUT2D eigenvalue weighted by molar-refractivity contribution is 6.02. The van der Waals surface area contributed by atoms with Crippen LogP contribution >= 0.6 is 0 Å². The van der Waals surface area contributed by atoms with Crippen molar-refractivity contribution in [3.05, 3.63) is 53.6 Å². The summed E-state index contributed by atoms with van der Waals surface area (Å²) in [5.74, 6) is -0.0345. The molecule has 1 amide bonds. The average molecular weight is 333 g/mol. The van der Waals surface area contributed by atoms with Crippen molar-refractivity contribution in [2.45, 2.75) is 33.1 Å². The van der Waals surface area contributed by atoms with Gasteiger partial charge in [0.25, 0.3) is 5.91 Å². The van der Waals surface area contributed by atoms with Crippen LogP contribution in [0.3, 0.4) is 0 Å². The van der Waals surface area contributed by atoms with Crippen molar-refractivity contribution in [2.24, 2.45) is 5.41 Å². The molecule has 0 saturated heterocycles. The smallest absolute Gasteiger partial charge is 0.278 e. The van der Waals surface area contributed by atoms with E-state index in [1.807, 2.05) is 30.5 Å². The minimum atomic E-state index is -0.352. The number of aryl methyl sites for hydroxylation is 1. The summed E-state index contributed by atoms with van der Waals surface area (Å²) in [5, 5.41) is 2.73. The number of anilines is 1.